The second-order valence-corrected chi connectivity index (χ2v) is 7.01. The standard InChI is InChI=1S/C22H23Cl2NO4/c1-4-15(22(27)29-5-2)10-14-6-9-20(28-3)16(11-14)12-21(26)25-19-8-7-17(23)13-18(19)24/h6-11,13H,4-5,12H2,1-3H3,(H,25,26). The predicted octanol–water partition coefficient (Wildman–Crippen LogP) is 5.54. The van der Waals surface area contributed by atoms with Crippen molar-refractivity contribution in [3.05, 3.63) is 63.1 Å². The molecule has 1 amide bonds. The van der Waals surface area contributed by atoms with Gasteiger partial charge in [0, 0.05) is 16.2 Å². The highest BCUT2D eigenvalue weighted by molar-refractivity contribution is 6.36. The van der Waals surface area contributed by atoms with Crippen molar-refractivity contribution in [2.75, 3.05) is 19.0 Å². The minimum Gasteiger partial charge on any atom is -0.496 e. The molecule has 0 spiro atoms. The molecular formula is C22H23Cl2NO4. The van der Waals surface area contributed by atoms with Gasteiger partial charge in [-0.1, -0.05) is 36.2 Å². The molecule has 0 aliphatic heterocycles. The molecule has 2 aromatic carbocycles. The third-order valence-electron chi connectivity index (χ3n) is 4.12. The summed E-state index contributed by atoms with van der Waals surface area (Å²) in [6.07, 6.45) is 2.37. The maximum absolute atomic E-state index is 12.5. The van der Waals surface area contributed by atoms with Crippen LogP contribution in [0, 0.1) is 0 Å². The van der Waals surface area contributed by atoms with Gasteiger partial charge in [0.2, 0.25) is 5.91 Å². The molecular weight excluding hydrogens is 413 g/mol. The molecule has 0 bridgehead atoms. The molecule has 0 saturated carbocycles. The van der Waals surface area contributed by atoms with E-state index in [-0.39, 0.29) is 18.3 Å². The molecule has 7 heteroatoms. The third kappa shape index (κ3) is 6.51. The van der Waals surface area contributed by atoms with Crippen LogP contribution in [-0.4, -0.2) is 25.6 Å². The molecule has 0 heterocycles. The summed E-state index contributed by atoms with van der Waals surface area (Å²) in [7, 11) is 1.54. The summed E-state index contributed by atoms with van der Waals surface area (Å²) in [5, 5.41) is 3.62. The Morgan fingerprint density at radius 1 is 1.10 bits per heavy atom. The van der Waals surface area contributed by atoms with Gasteiger partial charge in [0.25, 0.3) is 0 Å². The molecule has 0 unspecified atom stereocenters. The van der Waals surface area contributed by atoms with Crippen LogP contribution in [0.4, 0.5) is 5.69 Å². The summed E-state index contributed by atoms with van der Waals surface area (Å²) in [4.78, 5) is 24.5. The van der Waals surface area contributed by atoms with Gasteiger partial charge in [0.05, 0.1) is 30.8 Å². The number of anilines is 1. The van der Waals surface area contributed by atoms with Crippen LogP contribution in [0.3, 0.4) is 0 Å². The Kier molecular flexibility index (Phi) is 8.55. The Bertz CT molecular complexity index is 925. The number of nitrogens with one attached hydrogen (secondary N) is 1. The maximum Gasteiger partial charge on any atom is 0.333 e. The average Bonchev–Trinajstić information content (AvgIpc) is 2.68. The number of carbonyl (C=O) groups excluding carboxylic acids is 2. The lowest BCUT2D eigenvalue weighted by Crippen LogP contribution is -2.15. The van der Waals surface area contributed by atoms with Gasteiger partial charge in [-0.15, -0.1) is 0 Å². The molecule has 0 aliphatic carbocycles. The fourth-order valence-corrected chi connectivity index (χ4v) is 3.17. The van der Waals surface area contributed by atoms with E-state index in [1.165, 1.54) is 0 Å². The normalized spacial score (nSPS) is 11.1. The second-order valence-electron chi connectivity index (χ2n) is 6.16. The number of ether oxygens (including phenoxy) is 2. The van der Waals surface area contributed by atoms with Gasteiger partial charge in [0.15, 0.2) is 0 Å². The van der Waals surface area contributed by atoms with Crippen LogP contribution < -0.4 is 10.1 Å². The maximum atomic E-state index is 12.5. The van der Waals surface area contributed by atoms with Crippen molar-refractivity contribution in [2.24, 2.45) is 0 Å². The van der Waals surface area contributed by atoms with E-state index >= 15 is 0 Å². The van der Waals surface area contributed by atoms with E-state index in [9.17, 15) is 9.59 Å². The summed E-state index contributed by atoms with van der Waals surface area (Å²) >= 11 is 12.0. The minimum absolute atomic E-state index is 0.0741. The van der Waals surface area contributed by atoms with E-state index in [4.69, 9.17) is 32.7 Å². The summed E-state index contributed by atoms with van der Waals surface area (Å²) in [6, 6.07) is 10.3. The topological polar surface area (TPSA) is 64.6 Å². The van der Waals surface area contributed by atoms with Crippen molar-refractivity contribution in [1.82, 2.24) is 0 Å². The fourth-order valence-electron chi connectivity index (χ4n) is 2.71. The van der Waals surface area contributed by atoms with E-state index in [0.717, 1.165) is 5.56 Å². The second kappa shape index (κ2) is 10.9. The molecule has 0 radical (unpaired) electrons. The van der Waals surface area contributed by atoms with Crippen molar-refractivity contribution in [3.63, 3.8) is 0 Å². The van der Waals surface area contributed by atoms with Crippen molar-refractivity contribution in [3.8, 4) is 5.75 Å². The van der Waals surface area contributed by atoms with E-state index < -0.39 is 0 Å². The summed E-state index contributed by atoms with van der Waals surface area (Å²) < 4.78 is 10.4. The van der Waals surface area contributed by atoms with Crippen LogP contribution in [0.5, 0.6) is 5.75 Å². The van der Waals surface area contributed by atoms with E-state index in [1.54, 1.807) is 44.4 Å². The first-order valence-corrected chi connectivity index (χ1v) is 9.93. The number of methoxy groups -OCH3 is 1. The lowest BCUT2D eigenvalue weighted by Gasteiger charge is -2.12. The third-order valence-corrected chi connectivity index (χ3v) is 4.67. The first-order chi connectivity index (χ1) is 13.9. The van der Waals surface area contributed by atoms with Crippen LogP contribution in [0.2, 0.25) is 10.0 Å². The molecule has 29 heavy (non-hydrogen) atoms. The largest absolute Gasteiger partial charge is 0.496 e. The van der Waals surface area contributed by atoms with E-state index in [2.05, 4.69) is 5.32 Å². The lowest BCUT2D eigenvalue weighted by atomic mass is 10.0. The minimum atomic E-state index is -0.345. The summed E-state index contributed by atoms with van der Waals surface area (Å²) in [6.45, 7) is 3.97. The quantitative estimate of drug-likeness (QED) is 0.436. The zero-order chi connectivity index (χ0) is 21.4. The van der Waals surface area contributed by atoms with Gasteiger partial charge in [-0.3, -0.25) is 4.79 Å². The van der Waals surface area contributed by atoms with Gasteiger partial charge >= 0.3 is 5.97 Å². The lowest BCUT2D eigenvalue weighted by molar-refractivity contribution is -0.138. The van der Waals surface area contributed by atoms with Crippen LogP contribution in [0.15, 0.2) is 42.0 Å². The van der Waals surface area contributed by atoms with Crippen LogP contribution >= 0.6 is 23.2 Å². The van der Waals surface area contributed by atoms with Gasteiger partial charge in [-0.25, -0.2) is 4.79 Å². The molecule has 5 nitrogen and oxygen atoms in total. The number of rotatable bonds is 8. The van der Waals surface area contributed by atoms with Crippen LogP contribution in [0.1, 0.15) is 31.4 Å². The highest BCUT2D eigenvalue weighted by Gasteiger charge is 2.13. The number of halogens is 2. The number of hydrogen-bond acceptors (Lipinski definition) is 4. The Labute approximate surface area is 180 Å². The molecule has 0 fully saturated rings. The van der Waals surface area contributed by atoms with Gasteiger partial charge in [-0.2, -0.15) is 0 Å². The zero-order valence-electron chi connectivity index (χ0n) is 16.6. The predicted molar refractivity (Wildman–Crippen MR) is 117 cm³/mol. The number of hydrogen-bond donors (Lipinski definition) is 1. The fraction of sp³-hybridized carbons (Fsp3) is 0.273. The van der Waals surface area contributed by atoms with Crippen molar-refractivity contribution in [2.45, 2.75) is 26.7 Å². The molecule has 2 rings (SSSR count). The zero-order valence-corrected chi connectivity index (χ0v) is 18.1. The first-order valence-electron chi connectivity index (χ1n) is 9.17. The van der Waals surface area contributed by atoms with E-state index in [1.807, 2.05) is 19.1 Å². The number of benzene rings is 2. The van der Waals surface area contributed by atoms with Crippen molar-refractivity contribution >= 4 is 46.8 Å². The molecule has 0 saturated heterocycles. The van der Waals surface area contributed by atoms with Crippen LogP contribution in [-0.2, 0) is 20.7 Å². The molecule has 0 aliphatic rings. The van der Waals surface area contributed by atoms with Gasteiger partial charge in [0.1, 0.15) is 5.75 Å². The van der Waals surface area contributed by atoms with Crippen molar-refractivity contribution in [1.29, 1.82) is 0 Å². The van der Waals surface area contributed by atoms with Gasteiger partial charge in [-0.05, 0) is 55.3 Å². The highest BCUT2D eigenvalue weighted by atomic mass is 35.5. The number of esters is 1. The molecule has 2 aromatic rings. The number of carbonyl (C=O) groups is 2. The summed E-state index contributed by atoms with van der Waals surface area (Å²) in [5.74, 6) is -0.0223. The monoisotopic (exact) mass is 435 g/mol. The van der Waals surface area contributed by atoms with Gasteiger partial charge < -0.3 is 14.8 Å². The molecule has 0 atom stereocenters. The summed E-state index contributed by atoms with van der Waals surface area (Å²) in [5.41, 5.74) is 2.50. The Hall–Kier alpha value is -2.50. The van der Waals surface area contributed by atoms with E-state index in [0.29, 0.717) is 45.6 Å². The Balaban J connectivity index is 2.23. The molecule has 154 valence electrons. The highest BCUT2D eigenvalue weighted by Crippen LogP contribution is 2.27. The SMILES string of the molecule is CCOC(=O)C(=Cc1ccc(OC)c(CC(=O)Nc2ccc(Cl)cc2Cl)c1)CC. The smallest absolute Gasteiger partial charge is 0.333 e. The van der Waals surface area contributed by atoms with Crippen molar-refractivity contribution < 1.29 is 19.1 Å². The number of amides is 1. The molecule has 0 aromatic heterocycles. The Morgan fingerprint density at radius 2 is 1.86 bits per heavy atom. The Morgan fingerprint density at radius 3 is 2.48 bits per heavy atom. The average molecular weight is 436 g/mol. The van der Waals surface area contributed by atoms with Crippen LogP contribution in [0.25, 0.3) is 6.08 Å². The molecule has 1 N–H and O–H groups in total. The first kappa shape index (κ1) is 22.8.